The van der Waals surface area contributed by atoms with E-state index in [1.54, 1.807) is 0 Å². The summed E-state index contributed by atoms with van der Waals surface area (Å²) >= 11 is 0. The summed E-state index contributed by atoms with van der Waals surface area (Å²) in [5.74, 6) is -0.608. The van der Waals surface area contributed by atoms with Gasteiger partial charge in [0.15, 0.2) is 0 Å². The van der Waals surface area contributed by atoms with Crippen molar-refractivity contribution in [3.05, 3.63) is 53.6 Å². The minimum absolute atomic E-state index is 0.144. The second kappa shape index (κ2) is 4.84. The number of methoxy groups -OCH3 is 1. The first-order chi connectivity index (χ1) is 8.65. The van der Waals surface area contributed by atoms with Crippen molar-refractivity contribution in [2.75, 3.05) is 7.11 Å². The van der Waals surface area contributed by atoms with Crippen molar-refractivity contribution in [2.45, 2.75) is 0 Å². The zero-order chi connectivity index (χ0) is 13.1. The third-order valence-corrected chi connectivity index (χ3v) is 2.57. The number of halogens is 2. The van der Waals surface area contributed by atoms with Crippen molar-refractivity contribution in [1.82, 2.24) is 0 Å². The van der Waals surface area contributed by atoms with Crippen LogP contribution in [0.4, 0.5) is 8.78 Å². The van der Waals surface area contributed by atoms with Crippen LogP contribution in [0.3, 0.4) is 0 Å². The molecule has 0 spiro atoms. The van der Waals surface area contributed by atoms with Gasteiger partial charge in [-0.05, 0) is 36.4 Å². The van der Waals surface area contributed by atoms with E-state index in [1.165, 1.54) is 37.4 Å². The van der Waals surface area contributed by atoms with Gasteiger partial charge in [-0.3, -0.25) is 0 Å². The molecule has 0 aliphatic carbocycles. The summed E-state index contributed by atoms with van der Waals surface area (Å²) in [5, 5.41) is 8.96. The fourth-order valence-corrected chi connectivity index (χ4v) is 1.67. The van der Waals surface area contributed by atoms with Crippen LogP contribution in [0.15, 0.2) is 36.4 Å². The van der Waals surface area contributed by atoms with Crippen molar-refractivity contribution < 1.29 is 13.5 Å². The molecule has 0 saturated carbocycles. The Labute approximate surface area is 103 Å². The van der Waals surface area contributed by atoms with Gasteiger partial charge in [0.25, 0.3) is 0 Å². The number of hydrogen-bond donors (Lipinski definition) is 0. The smallest absolute Gasteiger partial charge is 0.131 e. The molecule has 2 aromatic rings. The highest BCUT2D eigenvalue weighted by molar-refractivity contribution is 5.72. The molecule has 0 saturated heterocycles. The summed E-state index contributed by atoms with van der Waals surface area (Å²) in [6.45, 7) is 0. The monoisotopic (exact) mass is 245 g/mol. The van der Waals surface area contributed by atoms with Gasteiger partial charge < -0.3 is 4.74 Å². The van der Waals surface area contributed by atoms with E-state index in [2.05, 4.69) is 0 Å². The molecule has 0 atom stereocenters. The lowest BCUT2D eigenvalue weighted by atomic mass is 9.99. The molecule has 90 valence electrons. The van der Waals surface area contributed by atoms with Crippen molar-refractivity contribution in [3.8, 4) is 22.9 Å². The highest BCUT2D eigenvalue weighted by Crippen LogP contribution is 2.30. The van der Waals surface area contributed by atoms with E-state index < -0.39 is 11.6 Å². The average molecular weight is 245 g/mol. The summed E-state index contributed by atoms with van der Waals surface area (Å²) in [4.78, 5) is 0. The Hall–Kier alpha value is -2.41. The topological polar surface area (TPSA) is 33.0 Å². The first kappa shape index (κ1) is 12.1. The Balaban J connectivity index is 2.68. The van der Waals surface area contributed by atoms with Gasteiger partial charge in [0.2, 0.25) is 0 Å². The fourth-order valence-electron chi connectivity index (χ4n) is 1.67. The summed E-state index contributed by atoms with van der Waals surface area (Å²) < 4.78 is 32.0. The molecule has 0 aliphatic rings. The van der Waals surface area contributed by atoms with Crippen LogP contribution in [0, 0.1) is 23.0 Å². The van der Waals surface area contributed by atoms with Gasteiger partial charge in [-0.15, -0.1) is 0 Å². The maximum Gasteiger partial charge on any atom is 0.131 e. The van der Waals surface area contributed by atoms with Crippen LogP contribution in [0.25, 0.3) is 11.1 Å². The predicted octanol–water partition coefficient (Wildman–Crippen LogP) is 3.51. The minimum Gasteiger partial charge on any atom is -0.497 e. The molecule has 0 fully saturated rings. The first-order valence-corrected chi connectivity index (χ1v) is 5.19. The second-order valence-corrected chi connectivity index (χ2v) is 3.65. The van der Waals surface area contributed by atoms with Crippen molar-refractivity contribution >= 4 is 0 Å². The molecule has 2 rings (SSSR count). The van der Waals surface area contributed by atoms with E-state index in [0.717, 1.165) is 6.07 Å². The summed E-state index contributed by atoms with van der Waals surface area (Å²) in [6, 6.07) is 9.66. The van der Waals surface area contributed by atoms with Gasteiger partial charge in [0.1, 0.15) is 17.4 Å². The molecule has 0 heterocycles. The summed E-state index contributed by atoms with van der Waals surface area (Å²) in [7, 11) is 1.45. The maximum atomic E-state index is 13.8. The largest absolute Gasteiger partial charge is 0.497 e. The van der Waals surface area contributed by atoms with Gasteiger partial charge >= 0.3 is 0 Å². The van der Waals surface area contributed by atoms with Crippen LogP contribution >= 0.6 is 0 Å². The molecule has 0 radical (unpaired) electrons. The number of ether oxygens (including phenoxy) is 1. The number of benzene rings is 2. The Morgan fingerprint density at radius 3 is 2.50 bits per heavy atom. The van der Waals surface area contributed by atoms with E-state index in [9.17, 15) is 8.78 Å². The highest BCUT2D eigenvalue weighted by atomic mass is 19.1. The summed E-state index contributed by atoms with van der Waals surface area (Å²) in [6.07, 6.45) is 0. The predicted molar refractivity (Wildman–Crippen MR) is 63.1 cm³/mol. The lowest BCUT2D eigenvalue weighted by molar-refractivity contribution is 0.414. The van der Waals surface area contributed by atoms with Crippen LogP contribution in [-0.2, 0) is 0 Å². The molecule has 0 unspecified atom stereocenters. The quantitative estimate of drug-likeness (QED) is 0.811. The Bertz CT molecular complexity index is 632. The van der Waals surface area contributed by atoms with Crippen LogP contribution in [0.2, 0.25) is 0 Å². The van der Waals surface area contributed by atoms with Crippen LogP contribution < -0.4 is 4.74 Å². The minimum atomic E-state index is -0.530. The molecule has 4 heteroatoms. The zero-order valence-corrected chi connectivity index (χ0v) is 9.58. The molecule has 0 aromatic heterocycles. The first-order valence-electron chi connectivity index (χ1n) is 5.19. The van der Waals surface area contributed by atoms with Gasteiger partial charge in [-0.25, -0.2) is 8.78 Å². The molecule has 2 nitrogen and oxygen atoms in total. The van der Waals surface area contributed by atoms with Gasteiger partial charge in [-0.1, -0.05) is 0 Å². The molecular formula is C14H9F2NO. The van der Waals surface area contributed by atoms with E-state index in [4.69, 9.17) is 10.00 Å². The Morgan fingerprint density at radius 1 is 1.06 bits per heavy atom. The van der Waals surface area contributed by atoms with E-state index >= 15 is 0 Å². The standard InChI is InChI=1S/C14H9F2NO/c1-18-11-4-5-14(16)13(7-11)12-6-10(15)3-2-9(12)8-17/h2-7H,1H3. The number of nitrogens with zero attached hydrogens (tertiary/aromatic N) is 1. The Morgan fingerprint density at radius 2 is 1.83 bits per heavy atom. The van der Waals surface area contributed by atoms with E-state index in [1.807, 2.05) is 6.07 Å². The number of hydrogen-bond acceptors (Lipinski definition) is 2. The highest BCUT2D eigenvalue weighted by Gasteiger charge is 2.12. The average Bonchev–Trinajstić information content (AvgIpc) is 2.39. The lowest BCUT2D eigenvalue weighted by Crippen LogP contribution is -1.92. The SMILES string of the molecule is COc1ccc(F)c(-c2cc(F)ccc2C#N)c1. The number of nitriles is 1. The van der Waals surface area contributed by atoms with E-state index in [0.29, 0.717) is 5.75 Å². The van der Waals surface area contributed by atoms with Crippen LogP contribution in [-0.4, -0.2) is 7.11 Å². The van der Waals surface area contributed by atoms with Crippen molar-refractivity contribution in [1.29, 1.82) is 5.26 Å². The third-order valence-electron chi connectivity index (χ3n) is 2.57. The molecular weight excluding hydrogens is 236 g/mol. The molecule has 18 heavy (non-hydrogen) atoms. The van der Waals surface area contributed by atoms with Crippen LogP contribution in [0.5, 0.6) is 5.75 Å². The Kier molecular flexibility index (Phi) is 3.24. The van der Waals surface area contributed by atoms with Gasteiger partial charge in [-0.2, -0.15) is 5.26 Å². The maximum absolute atomic E-state index is 13.8. The molecule has 2 aromatic carbocycles. The van der Waals surface area contributed by atoms with Crippen molar-refractivity contribution in [2.24, 2.45) is 0 Å². The fraction of sp³-hybridized carbons (Fsp3) is 0.0714. The third kappa shape index (κ3) is 2.16. The zero-order valence-electron chi connectivity index (χ0n) is 9.58. The molecule has 0 bridgehead atoms. The van der Waals surface area contributed by atoms with E-state index in [-0.39, 0.29) is 16.7 Å². The molecule has 0 amide bonds. The van der Waals surface area contributed by atoms with Gasteiger partial charge in [0, 0.05) is 11.1 Å². The normalized spacial score (nSPS) is 9.89. The lowest BCUT2D eigenvalue weighted by Gasteiger charge is -2.08. The van der Waals surface area contributed by atoms with Crippen molar-refractivity contribution in [3.63, 3.8) is 0 Å². The molecule has 0 aliphatic heterocycles. The summed E-state index contributed by atoms with van der Waals surface area (Å²) in [5.41, 5.74) is 0.572. The van der Waals surface area contributed by atoms with Gasteiger partial charge in [0.05, 0.1) is 18.7 Å². The number of rotatable bonds is 2. The van der Waals surface area contributed by atoms with Crippen LogP contribution in [0.1, 0.15) is 5.56 Å². The second-order valence-electron chi connectivity index (χ2n) is 3.65. The molecule has 0 N–H and O–H groups in total.